The molecule has 1 saturated carbocycles. The monoisotopic (exact) mass is 298 g/mol. The van der Waals surface area contributed by atoms with Gasteiger partial charge in [-0.25, -0.2) is 0 Å². The maximum absolute atomic E-state index is 3.60. The lowest BCUT2D eigenvalue weighted by molar-refractivity contribution is 0.686. The molecule has 1 aliphatic heterocycles. The van der Waals surface area contributed by atoms with Crippen LogP contribution in [-0.2, 0) is 19.5 Å². The first-order valence-corrected chi connectivity index (χ1v) is 8.80. The maximum atomic E-state index is 3.60. The number of anilines is 1. The first-order valence-electron chi connectivity index (χ1n) is 7.93. The smallest absolute Gasteiger partial charge is 0.0440 e. The van der Waals surface area contributed by atoms with Gasteiger partial charge in [-0.15, -0.1) is 11.3 Å². The predicted molar refractivity (Wildman–Crippen MR) is 90.1 cm³/mol. The van der Waals surface area contributed by atoms with Gasteiger partial charge in [-0.1, -0.05) is 12.1 Å². The van der Waals surface area contributed by atoms with Crippen molar-refractivity contribution in [3.05, 3.63) is 51.2 Å². The van der Waals surface area contributed by atoms with Gasteiger partial charge in [-0.3, -0.25) is 0 Å². The third-order valence-electron chi connectivity index (χ3n) is 4.58. The minimum atomic E-state index is 0.782. The van der Waals surface area contributed by atoms with Crippen molar-refractivity contribution in [3.8, 4) is 0 Å². The third-order valence-corrected chi connectivity index (χ3v) is 5.60. The van der Waals surface area contributed by atoms with Crippen LogP contribution < -0.4 is 10.2 Å². The SMILES string of the molecule is Cc1cc(CNC2CC2)ccc1N1CCc2sccc2C1. The van der Waals surface area contributed by atoms with Gasteiger partial charge in [0.25, 0.3) is 0 Å². The molecule has 1 aromatic carbocycles. The first kappa shape index (κ1) is 13.4. The largest absolute Gasteiger partial charge is 0.367 e. The summed E-state index contributed by atoms with van der Waals surface area (Å²) in [6.45, 7) is 5.48. The Morgan fingerprint density at radius 1 is 1.29 bits per heavy atom. The summed E-state index contributed by atoms with van der Waals surface area (Å²) in [6.07, 6.45) is 3.90. The summed E-state index contributed by atoms with van der Waals surface area (Å²) in [5.74, 6) is 0. The molecule has 1 aliphatic carbocycles. The van der Waals surface area contributed by atoms with Crippen LogP contribution in [0.1, 0.15) is 34.4 Å². The number of thiophene rings is 1. The number of nitrogens with one attached hydrogen (secondary N) is 1. The fourth-order valence-corrected chi connectivity index (χ4v) is 4.08. The molecule has 2 aliphatic rings. The summed E-state index contributed by atoms with van der Waals surface area (Å²) in [6, 6.07) is 10.0. The number of hydrogen-bond donors (Lipinski definition) is 1. The summed E-state index contributed by atoms with van der Waals surface area (Å²) in [5, 5.41) is 5.83. The molecule has 0 spiro atoms. The molecule has 0 atom stereocenters. The molecule has 0 unspecified atom stereocenters. The zero-order chi connectivity index (χ0) is 14.2. The lowest BCUT2D eigenvalue weighted by Gasteiger charge is -2.30. The summed E-state index contributed by atoms with van der Waals surface area (Å²) in [5.41, 5.74) is 5.74. The summed E-state index contributed by atoms with van der Waals surface area (Å²) >= 11 is 1.91. The van der Waals surface area contributed by atoms with Crippen molar-refractivity contribution in [3.63, 3.8) is 0 Å². The Bertz CT molecular complexity index is 642. The normalized spacial score (nSPS) is 17.9. The molecular weight excluding hydrogens is 276 g/mol. The van der Waals surface area contributed by atoms with Gasteiger partial charge in [-0.2, -0.15) is 0 Å². The Morgan fingerprint density at radius 3 is 3.00 bits per heavy atom. The fraction of sp³-hybridized carbons (Fsp3) is 0.444. The highest BCUT2D eigenvalue weighted by molar-refractivity contribution is 7.10. The van der Waals surface area contributed by atoms with Crippen LogP contribution in [0, 0.1) is 6.92 Å². The van der Waals surface area contributed by atoms with Crippen LogP contribution >= 0.6 is 11.3 Å². The van der Waals surface area contributed by atoms with Crippen molar-refractivity contribution in [1.29, 1.82) is 0 Å². The molecule has 1 N–H and O–H groups in total. The average Bonchev–Trinajstić information content (AvgIpc) is 3.21. The predicted octanol–water partition coefficient (Wildman–Crippen LogP) is 3.87. The lowest BCUT2D eigenvalue weighted by atomic mass is 10.0. The van der Waals surface area contributed by atoms with E-state index in [-0.39, 0.29) is 0 Å². The zero-order valence-corrected chi connectivity index (χ0v) is 13.4. The number of nitrogens with zero attached hydrogens (tertiary/aromatic N) is 1. The highest BCUT2D eigenvalue weighted by atomic mass is 32.1. The van der Waals surface area contributed by atoms with E-state index in [0.29, 0.717) is 0 Å². The molecule has 0 amide bonds. The summed E-state index contributed by atoms with van der Waals surface area (Å²) < 4.78 is 0. The molecule has 21 heavy (non-hydrogen) atoms. The van der Waals surface area contributed by atoms with Crippen molar-refractivity contribution in [2.75, 3.05) is 11.4 Å². The number of rotatable bonds is 4. The van der Waals surface area contributed by atoms with Crippen molar-refractivity contribution < 1.29 is 0 Å². The molecule has 3 heteroatoms. The molecule has 0 saturated heterocycles. The van der Waals surface area contributed by atoms with Crippen LogP contribution in [0.3, 0.4) is 0 Å². The van der Waals surface area contributed by atoms with E-state index in [1.165, 1.54) is 41.6 Å². The number of hydrogen-bond acceptors (Lipinski definition) is 3. The Kier molecular flexibility index (Phi) is 3.48. The van der Waals surface area contributed by atoms with Gasteiger partial charge >= 0.3 is 0 Å². The van der Waals surface area contributed by atoms with Crippen LogP contribution in [0.2, 0.25) is 0 Å². The van der Waals surface area contributed by atoms with Crippen molar-refractivity contribution in [1.82, 2.24) is 5.32 Å². The highest BCUT2D eigenvalue weighted by Gasteiger charge is 2.21. The zero-order valence-electron chi connectivity index (χ0n) is 12.6. The van der Waals surface area contributed by atoms with Crippen LogP contribution in [0.5, 0.6) is 0 Å². The van der Waals surface area contributed by atoms with Gasteiger partial charge in [0.15, 0.2) is 0 Å². The highest BCUT2D eigenvalue weighted by Crippen LogP contribution is 2.30. The van der Waals surface area contributed by atoms with Crippen LogP contribution in [0.25, 0.3) is 0 Å². The lowest BCUT2D eigenvalue weighted by Crippen LogP contribution is -2.30. The minimum absolute atomic E-state index is 0.782. The van der Waals surface area contributed by atoms with E-state index < -0.39 is 0 Å². The average molecular weight is 298 g/mol. The van der Waals surface area contributed by atoms with Crippen molar-refractivity contribution in [2.45, 2.75) is 45.3 Å². The van der Waals surface area contributed by atoms with Crippen LogP contribution in [0.15, 0.2) is 29.6 Å². The standard InChI is InChI=1S/C18H22N2S/c1-13-10-14(11-19-16-3-4-16)2-5-17(13)20-8-6-18-15(12-20)7-9-21-18/h2,5,7,9-10,16,19H,3-4,6,8,11-12H2,1H3. The molecule has 0 radical (unpaired) electrons. The van der Waals surface area contributed by atoms with E-state index in [0.717, 1.165) is 25.7 Å². The number of fused-ring (bicyclic) bond motifs is 1. The van der Waals surface area contributed by atoms with E-state index >= 15 is 0 Å². The van der Waals surface area contributed by atoms with Gasteiger partial charge in [0.05, 0.1) is 0 Å². The van der Waals surface area contributed by atoms with E-state index in [2.05, 4.69) is 46.8 Å². The molecule has 2 heterocycles. The molecule has 2 nitrogen and oxygen atoms in total. The van der Waals surface area contributed by atoms with Gasteiger partial charge in [0.1, 0.15) is 0 Å². The number of aryl methyl sites for hydroxylation is 1. The van der Waals surface area contributed by atoms with E-state index in [9.17, 15) is 0 Å². The van der Waals surface area contributed by atoms with E-state index in [1.807, 2.05) is 11.3 Å². The Hall–Kier alpha value is -1.32. The summed E-state index contributed by atoms with van der Waals surface area (Å²) in [7, 11) is 0. The maximum Gasteiger partial charge on any atom is 0.0440 e. The molecular formula is C18H22N2S. The second-order valence-corrected chi connectivity index (χ2v) is 7.32. The Labute approximate surface area is 130 Å². The third kappa shape index (κ3) is 2.85. The molecule has 4 rings (SSSR count). The molecule has 2 aromatic rings. The Balaban J connectivity index is 1.49. The quantitative estimate of drug-likeness (QED) is 0.922. The van der Waals surface area contributed by atoms with Crippen LogP contribution in [0.4, 0.5) is 5.69 Å². The van der Waals surface area contributed by atoms with Crippen molar-refractivity contribution in [2.24, 2.45) is 0 Å². The van der Waals surface area contributed by atoms with Gasteiger partial charge in [0.2, 0.25) is 0 Å². The van der Waals surface area contributed by atoms with E-state index in [1.54, 1.807) is 4.88 Å². The Morgan fingerprint density at radius 2 is 2.19 bits per heavy atom. The molecule has 1 aromatic heterocycles. The fourth-order valence-electron chi connectivity index (χ4n) is 3.19. The molecule has 0 bridgehead atoms. The topological polar surface area (TPSA) is 15.3 Å². The van der Waals surface area contributed by atoms with Gasteiger partial charge in [0, 0.05) is 36.2 Å². The van der Waals surface area contributed by atoms with Crippen molar-refractivity contribution >= 4 is 17.0 Å². The van der Waals surface area contributed by atoms with Crippen LogP contribution in [-0.4, -0.2) is 12.6 Å². The molecule has 110 valence electrons. The van der Waals surface area contributed by atoms with E-state index in [4.69, 9.17) is 0 Å². The second kappa shape index (κ2) is 5.47. The minimum Gasteiger partial charge on any atom is -0.367 e. The second-order valence-electron chi connectivity index (χ2n) is 6.32. The molecule has 1 fully saturated rings. The number of benzene rings is 1. The first-order chi connectivity index (χ1) is 10.3. The summed E-state index contributed by atoms with van der Waals surface area (Å²) in [4.78, 5) is 4.11. The van der Waals surface area contributed by atoms with Gasteiger partial charge in [-0.05, 0) is 60.4 Å². The van der Waals surface area contributed by atoms with Gasteiger partial charge < -0.3 is 10.2 Å².